The van der Waals surface area contributed by atoms with Gasteiger partial charge in [-0.1, -0.05) is 26.0 Å². The van der Waals surface area contributed by atoms with E-state index in [0.717, 1.165) is 0 Å². The minimum atomic E-state index is -1.44. The molecule has 12 heteroatoms. The summed E-state index contributed by atoms with van der Waals surface area (Å²) in [4.78, 5) is 46.2. The zero-order valence-corrected chi connectivity index (χ0v) is 16.0. The quantitative estimate of drug-likeness (QED) is 0.257. The molecule has 156 valence electrons. The van der Waals surface area contributed by atoms with Crippen LogP contribution >= 0.6 is 0 Å². The number of esters is 2. The number of benzene rings is 1. The summed E-state index contributed by atoms with van der Waals surface area (Å²) in [7, 11) is -1.44. The van der Waals surface area contributed by atoms with Crippen LogP contribution in [0.3, 0.4) is 0 Å². The summed E-state index contributed by atoms with van der Waals surface area (Å²) in [5.41, 5.74) is 5.50. The number of ether oxygens (including phenoxy) is 2. The fraction of sp³-hybridized carbons (Fsp3) is 0.412. The number of urea groups is 1. The molecule has 3 amide bonds. The maximum Gasteiger partial charge on any atom is 0.547 e. The Morgan fingerprint density at radius 2 is 2.03 bits per heavy atom. The zero-order chi connectivity index (χ0) is 21.6. The number of para-hydroxylation sites is 1. The maximum absolute atomic E-state index is 12.3. The van der Waals surface area contributed by atoms with Crippen LogP contribution in [0.15, 0.2) is 18.2 Å². The van der Waals surface area contributed by atoms with Crippen molar-refractivity contribution < 1.29 is 38.3 Å². The van der Waals surface area contributed by atoms with E-state index in [1.54, 1.807) is 26.0 Å². The Bertz CT molecular complexity index is 801. The van der Waals surface area contributed by atoms with Crippen LogP contribution in [-0.2, 0) is 25.5 Å². The van der Waals surface area contributed by atoms with Crippen LogP contribution in [0.1, 0.15) is 29.8 Å². The zero-order valence-electron chi connectivity index (χ0n) is 16.0. The van der Waals surface area contributed by atoms with Crippen LogP contribution in [0.25, 0.3) is 0 Å². The van der Waals surface area contributed by atoms with Gasteiger partial charge in [-0.2, -0.15) is 0 Å². The molecule has 0 unspecified atom stereocenters. The molecule has 0 aliphatic carbocycles. The summed E-state index contributed by atoms with van der Waals surface area (Å²) >= 11 is 0. The molecule has 1 aromatic carbocycles. The van der Waals surface area contributed by atoms with Crippen molar-refractivity contribution in [2.45, 2.75) is 26.2 Å². The first-order chi connectivity index (χ1) is 13.7. The number of hydrogen-bond acceptors (Lipinski definition) is 8. The van der Waals surface area contributed by atoms with Crippen LogP contribution in [0.5, 0.6) is 5.75 Å². The van der Waals surface area contributed by atoms with Gasteiger partial charge < -0.3 is 35.5 Å². The van der Waals surface area contributed by atoms with Crippen molar-refractivity contribution in [2.75, 3.05) is 13.3 Å². The van der Waals surface area contributed by atoms with Crippen molar-refractivity contribution in [2.24, 2.45) is 11.7 Å². The number of amides is 3. The van der Waals surface area contributed by atoms with Gasteiger partial charge in [-0.3, -0.25) is 9.59 Å². The molecule has 0 radical (unpaired) electrons. The van der Waals surface area contributed by atoms with E-state index >= 15 is 0 Å². The third kappa shape index (κ3) is 6.11. The molecule has 0 aromatic heterocycles. The molecule has 1 atom stereocenters. The molecule has 2 rings (SSSR count). The van der Waals surface area contributed by atoms with E-state index in [9.17, 15) is 24.2 Å². The van der Waals surface area contributed by atoms with Gasteiger partial charge in [0.25, 0.3) is 0 Å². The van der Waals surface area contributed by atoms with Crippen molar-refractivity contribution in [3.63, 3.8) is 0 Å². The molecule has 11 nitrogen and oxygen atoms in total. The Hall–Kier alpha value is -3.28. The lowest BCUT2D eigenvalue weighted by Crippen LogP contribution is -2.55. The first-order valence-electron chi connectivity index (χ1n) is 8.82. The van der Waals surface area contributed by atoms with Crippen LogP contribution in [-0.4, -0.2) is 55.3 Å². The lowest BCUT2D eigenvalue weighted by molar-refractivity contribution is -0.155. The topological polar surface area (TPSA) is 166 Å². The normalized spacial score (nSPS) is 15.0. The number of hydrogen-bond donors (Lipinski definition) is 4. The van der Waals surface area contributed by atoms with E-state index < -0.39 is 43.7 Å². The van der Waals surface area contributed by atoms with E-state index in [0.29, 0.717) is 5.56 Å². The van der Waals surface area contributed by atoms with E-state index in [-0.39, 0.29) is 30.2 Å². The third-order valence-corrected chi connectivity index (χ3v) is 3.97. The van der Waals surface area contributed by atoms with Gasteiger partial charge in [-0.25, -0.2) is 9.59 Å². The van der Waals surface area contributed by atoms with Gasteiger partial charge >= 0.3 is 25.1 Å². The van der Waals surface area contributed by atoms with E-state index in [4.69, 9.17) is 19.9 Å². The molecule has 0 saturated carbocycles. The second-order valence-corrected chi connectivity index (χ2v) is 6.57. The molecule has 1 heterocycles. The minimum absolute atomic E-state index is 0.0438. The molecule has 1 aliphatic rings. The van der Waals surface area contributed by atoms with Gasteiger partial charge in [-0.15, -0.1) is 0 Å². The molecular weight excluding hydrogens is 385 g/mol. The SMILES string of the molecule is CC(C)C(=O)OCOC(=O)c1cccc2c1OB(O)[C@@H](NC(=O)CNC(N)=O)C2. The Morgan fingerprint density at radius 3 is 2.69 bits per heavy atom. The predicted octanol–water partition coefficient (Wildman–Crippen LogP) is -0.892. The number of carbonyl (C=O) groups is 4. The van der Waals surface area contributed by atoms with Crippen molar-refractivity contribution in [3.8, 4) is 5.75 Å². The van der Waals surface area contributed by atoms with Crippen LogP contribution in [0, 0.1) is 5.92 Å². The molecule has 0 bridgehead atoms. The maximum atomic E-state index is 12.3. The van der Waals surface area contributed by atoms with Crippen molar-refractivity contribution in [3.05, 3.63) is 29.3 Å². The highest BCUT2D eigenvalue weighted by Crippen LogP contribution is 2.30. The fourth-order valence-corrected chi connectivity index (χ4v) is 2.52. The van der Waals surface area contributed by atoms with E-state index in [1.807, 2.05) is 0 Å². The second-order valence-electron chi connectivity index (χ2n) is 6.57. The van der Waals surface area contributed by atoms with Gasteiger partial charge in [0, 0.05) is 0 Å². The van der Waals surface area contributed by atoms with E-state index in [1.165, 1.54) is 6.07 Å². The lowest BCUT2D eigenvalue weighted by atomic mass is 9.72. The van der Waals surface area contributed by atoms with Crippen molar-refractivity contribution in [1.82, 2.24) is 10.6 Å². The summed E-state index contributed by atoms with van der Waals surface area (Å²) in [5, 5.41) is 14.8. The number of primary amides is 1. The highest BCUT2D eigenvalue weighted by molar-refractivity contribution is 6.47. The van der Waals surface area contributed by atoms with Crippen molar-refractivity contribution >= 4 is 31.0 Å². The smallest absolute Gasteiger partial charge is 0.534 e. The number of nitrogens with one attached hydrogen (secondary N) is 2. The first-order valence-corrected chi connectivity index (χ1v) is 8.82. The molecule has 1 aliphatic heterocycles. The monoisotopic (exact) mass is 407 g/mol. The Labute approximate surface area is 167 Å². The molecule has 1 aromatic rings. The second kappa shape index (κ2) is 9.78. The van der Waals surface area contributed by atoms with Crippen LogP contribution in [0.4, 0.5) is 4.79 Å². The van der Waals surface area contributed by atoms with Crippen LogP contribution < -0.4 is 21.0 Å². The van der Waals surface area contributed by atoms with Gasteiger partial charge in [0.2, 0.25) is 12.7 Å². The Morgan fingerprint density at radius 1 is 1.31 bits per heavy atom. The third-order valence-electron chi connectivity index (χ3n) is 3.97. The molecule has 0 spiro atoms. The number of nitrogens with two attached hydrogens (primary N) is 1. The van der Waals surface area contributed by atoms with E-state index in [2.05, 4.69) is 10.6 Å². The van der Waals surface area contributed by atoms with Crippen LogP contribution in [0.2, 0.25) is 0 Å². The van der Waals surface area contributed by atoms with Gasteiger partial charge in [0.05, 0.1) is 18.4 Å². The molecule has 0 saturated heterocycles. The molecular formula is C17H22BN3O8. The largest absolute Gasteiger partial charge is 0.547 e. The first kappa shape index (κ1) is 22.0. The summed E-state index contributed by atoms with van der Waals surface area (Å²) < 4.78 is 15.1. The highest BCUT2D eigenvalue weighted by atomic mass is 16.7. The van der Waals surface area contributed by atoms with Crippen molar-refractivity contribution in [1.29, 1.82) is 0 Å². The summed E-state index contributed by atoms with van der Waals surface area (Å²) in [6, 6.07) is 3.84. The summed E-state index contributed by atoms with van der Waals surface area (Å²) in [6.45, 7) is 2.39. The number of rotatable bonds is 7. The standard InChI is InChI=1S/C17H22BN3O8/c1-9(2)15(23)27-8-28-16(24)11-5-3-4-10-6-12(18(26)29-14(10)11)21-13(22)7-20-17(19)25/h3-5,9,12,26H,6-8H2,1-2H3,(H,21,22)(H3,19,20,25)/t12-/m0/s1. The Balaban J connectivity index is 2.02. The van der Waals surface area contributed by atoms with Gasteiger partial charge in [-0.05, 0) is 18.1 Å². The summed E-state index contributed by atoms with van der Waals surface area (Å²) in [6.07, 6.45) is 0.169. The summed E-state index contributed by atoms with van der Waals surface area (Å²) in [5.74, 6) is -2.92. The van der Waals surface area contributed by atoms with Gasteiger partial charge in [0.1, 0.15) is 11.3 Å². The lowest BCUT2D eigenvalue weighted by Gasteiger charge is -2.29. The molecule has 29 heavy (non-hydrogen) atoms. The predicted molar refractivity (Wildman–Crippen MR) is 99.5 cm³/mol. The number of fused-ring (bicyclic) bond motifs is 1. The minimum Gasteiger partial charge on any atom is -0.534 e. The molecule has 0 fully saturated rings. The average Bonchev–Trinajstić information content (AvgIpc) is 2.66. The number of carbonyl (C=O) groups excluding carboxylic acids is 4. The molecule has 5 N–H and O–H groups in total. The van der Waals surface area contributed by atoms with Gasteiger partial charge in [0.15, 0.2) is 0 Å². The average molecular weight is 407 g/mol. The fourth-order valence-electron chi connectivity index (χ4n) is 2.52. The highest BCUT2D eigenvalue weighted by Gasteiger charge is 2.37. The Kier molecular flexibility index (Phi) is 7.42.